The molecule has 3 rings (SSSR count). The third kappa shape index (κ3) is 0.670. The van der Waals surface area contributed by atoms with Gasteiger partial charge in [-0.15, -0.1) is 0 Å². The van der Waals surface area contributed by atoms with Crippen molar-refractivity contribution in [3.05, 3.63) is 35.0 Å². The summed E-state index contributed by atoms with van der Waals surface area (Å²) in [5, 5.41) is 12.4. The number of anilines is 1. The van der Waals surface area contributed by atoms with Crippen LogP contribution in [0.1, 0.15) is 12.5 Å². The van der Waals surface area contributed by atoms with Crippen LogP contribution in [0.15, 0.2) is 24.3 Å². The minimum absolute atomic E-state index is 0.509. The molecule has 1 aromatic rings. The molecular formula is C9H8NO3-. The second-order valence-electron chi connectivity index (χ2n) is 3.48. The highest BCUT2D eigenvalue weighted by Gasteiger charge is 2.56. The van der Waals surface area contributed by atoms with Crippen molar-refractivity contribution in [2.75, 3.05) is 5.06 Å². The monoisotopic (exact) mass is 178 g/mol. The molecule has 0 amide bonds. The van der Waals surface area contributed by atoms with Gasteiger partial charge in [0.15, 0.2) is 11.8 Å². The standard InChI is InChI=1S/C9H8NO3/c1-9-6-4-2-3-5-7(6)10(11)8(9)12-13-9/h2-5,8H,1H3/q-1. The average Bonchev–Trinajstić information content (AvgIpc) is 2.27. The Morgan fingerprint density at radius 1 is 1.46 bits per heavy atom. The minimum atomic E-state index is -0.571. The number of rotatable bonds is 0. The molecule has 1 fully saturated rings. The number of nitrogens with zero attached hydrogens (tertiary/aromatic N) is 1. The summed E-state index contributed by atoms with van der Waals surface area (Å²) < 4.78 is 0. The summed E-state index contributed by atoms with van der Waals surface area (Å²) in [6.45, 7) is 1.86. The third-order valence-electron chi connectivity index (χ3n) is 2.67. The molecule has 0 bridgehead atoms. The molecular weight excluding hydrogens is 170 g/mol. The summed E-state index contributed by atoms with van der Waals surface area (Å²) in [6, 6.07) is 7.39. The van der Waals surface area contributed by atoms with Crippen LogP contribution < -0.4 is 5.06 Å². The van der Waals surface area contributed by atoms with Gasteiger partial charge in [-0.1, -0.05) is 18.2 Å². The molecule has 1 saturated heterocycles. The van der Waals surface area contributed by atoms with Crippen LogP contribution in [0.5, 0.6) is 0 Å². The minimum Gasteiger partial charge on any atom is -0.756 e. The van der Waals surface area contributed by atoms with Gasteiger partial charge in [0.1, 0.15) is 0 Å². The maximum absolute atomic E-state index is 11.6. The van der Waals surface area contributed by atoms with Gasteiger partial charge in [-0.25, -0.2) is 9.78 Å². The van der Waals surface area contributed by atoms with E-state index in [-0.39, 0.29) is 0 Å². The highest BCUT2D eigenvalue weighted by atomic mass is 17.3. The second kappa shape index (κ2) is 2.04. The quantitative estimate of drug-likeness (QED) is 0.565. The van der Waals surface area contributed by atoms with Crippen LogP contribution in [0.2, 0.25) is 0 Å². The Labute approximate surface area is 75.2 Å². The van der Waals surface area contributed by atoms with Crippen molar-refractivity contribution in [1.82, 2.24) is 0 Å². The van der Waals surface area contributed by atoms with Crippen LogP contribution in [-0.2, 0) is 15.4 Å². The van der Waals surface area contributed by atoms with E-state index in [9.17, 15) is 5.21 Å². The molecule has 2 aliphatic heterocycles. The Morgan fingerprint density at radius 3 is 2.92 bits per heavy atom. The zero-order valence-electron chi connectivity index (χ0n) is 7.06. The van der Waals surface area contributed by atoms with Crippen molar-refractivity contribution in [3.8, 4) is 0 Å². The van der Waals surface area contributed by atoms with Gasteiger partial charge in [0, 0.05) is 11.3 Å². The van der Waals surface area contributed by atoms with Crippen LogP contribution in [0.4, 0.5) is 5.69 Å². The van der Waals surface area contributed by atoms with Crippen molar-refractivity contribution in [3.63, 3.8) is 0 Å². The normalized spacial score (nSPS) is 35.2. The Balaban J connectivity index is 2.22. The summed E-state index contributed by atoms with van der Waals surface area (Å²) in [4.78, 5) is 9.76. The fraction of sp³-hybridized carbons (Fsp3) is 0.333. The lowest BCUT2D eigenvalue weighted by molar-refractivity contribution is -0.507. The first-order chi connectivity index (χ1) is 6.23. The topological polar surface area (TPSA) is 44.8 Å². The van der Waals surface area contributed by atoms with Gasteiger partial charge in [-0.2, -0.15) is 0 Å². The molecule has 2 heterocycles. The summed E-state index contributed by atoms with van der Waals surface area (Å²) in [5.74, 6) is 0. The first kappa shape index (κ1) is 7.32. The van der Waals surface area contributed by atoms with E-state index in [0.29, 0.717) is 5.69 Å². The SMILES string of the molecule is CC12OOC1N([O-])c1ccccc12. The molecule has 1 aromatic carbocycles. The fourth-order valence-corrected chi connectivity index (χ4v) is 1.89. The zero-order valence-corrected chi connectivity index (χ0v) is 7.06. The molecule has 0 aromatic heterocycles. The molecule has 13 heavy (non-hydrogen) atoms. The molecule has 4 nitrogen and oxygen atoms in total. The van der Waals surface area contributed by atoms with Crippen LogP contribution in [0.3, 0.4) is 0 Å². The Hall–Kier alpha value is -1.10. The van der Waals surface area contributed by atoms with E-state index in [0.717, 1.165) is 10.6 Å². The lowest BCUT2D eigenvalue weighted by Crippen LogP contribution is -2.54. The van der Waals surface area contributed by atoms with Crippen LogP contribution in [-0.4, -0.2) is 6.23 Å². The van der Waals surface area contributed by atoms with Crippen molar-refractivity contribution in [2.24, 2.45) is 0 Å². The fourth-order valence-electron chi connectivity index (χ4n) is 1.89. The molecule has 68 valence electrons. The van der Waals surface area contributed by atoms with Crippen molar-refractivity contribution in [2.45, 2.75) is 18.8 Å². The molecule has 2 unspecified atom stereocenters. The van der Waals surface area contributed by atoms with E-state index in [1.54, 1.807) is 6.07 Å². The zero-order chi connectivity index (χ0) is 9.05. The largest absolute Gasteiger partial charge is 0.756 e. The molecule has 0 aliphatic carbocycles. The third-order valence-corrected chi connectivity index (χ3v) is 2.67. The Morgan fingerprint density at radius 2 is 2.23 bits per heavy atom. The average molecular weight is 178 g/mol. The number of fused-ring (bicyclic) bond motifs is 3. The van der Waals surface area contributed by atoms with E-state index in [1.807, 2.05) is 25.1 Å². The van der Waals surface area contributed by atoms with Crippen LogP contribution in [0.25, 0.3) is 0 Å². The smallest absolute Gasteiger partial charge is 0.191 e. The van der Waals surface area contributed by atoms with E-state index < -0.39 is 11.8 Å². The van der Waals surface area contributed by atoms with Crippen LogP contribution >= 0.6 is 0 Å². The van der Waals surface area contributed by atoms with E-state index >= 15 is 0 Å². The number of hydrogen-bond acceptors (Lipinski definition) is 4. The van der Waals surface area contributed by atoms with Crippen molar-refractivity contribution < 1.29 is 9.78 Å². The molecule has 2 aliphatic rings. The molecule has 0 N–H and O–H groups in total. The number of hydrogen-bond donors (Lipinski definition) is 0. The van der Waals surface area contributed by atoms with E-state index in [2.05, 4.69) is 0 Å². The van der Waals surface area contributed by atoms with Crippen LogP contribution in [0, 0.1) is 5.21 Å². The van der Waals surface area contributed by atoms with Gasteiger partial charge in [0.25, 0.3) is 0 Å². The maximum Gasteiger partial charge on any atom is 0.191 e. The van der Waals surface area contributed by atoms with Gasteiger partial charge in [-0.05, 0) is 13.0 Å². The van der Waals surface area contributed by atoms with Gasteiger partial charge in [0.05, 0.1) is 0 Å². The lowest BCUT2D eigenvalue weighted by Gasteiger charge is -2.45. The number of para-hydroxylation sites is 1. The maximum atomic E-state index is 11.6. The van der Waals surface area contributed by atoms with Crippen molar-refractivity contribution >= 4 is 5.69 Å². The molecule has 2 atom stereocenters. The summed E-state index contributed by atoms with van der Waals surface area (Å²) >= 11 is 0. The van der Waals surface area contributed by atoms with E-state index in [4.69, 9.17) is 9.78 Å². The Kier molecular flexibility index (Phi) is 1.15. The predicted octanol–water partition coefficient (Wildman–Crippen LogP) is 1.51. The van der Waals surface area contributed by atoms with Gasteiger partial charge >= 0.3 is 0 Å². The number of benzene rings is 1. The first-order valence-corrected chi connectivity index (χ1v) is 4.14. The predicted molar refractivity (Wildman–Crippen MR) is 45.6 cm³/mol. The first-order valence-electron chi connectivity index (χ1n) is 4.14. The van der Waals surface area contributed by atoms with E-state index in [1.165, 1.54) is 0 Å². The Bertz CT molecular complexity index is 368. The second-order valence-corrected chi connectivity index (χ2v) is 3.48. The summed E-state index contributed by atoms with van der Waals surface area (Å²) in [7, 11) is 0. The van der Waals surface area contributed by atoms with Gasteiger partial charge < -0.3 is 10.3 Å². The lowest BCUT2D eigenvalue weighted by atomic mass is 9.96. The van der Waals surface area contributed by atoms with Gasteiger partial charge in [0.2, 0.25) is 0 Å². The highest BCUT2D eigenvalue weighted by molar-refractivity contribution is 5.63. The van der Waals surface area contributed by atoms with Gasteiger partial charge in [-0.3, -0.25) is 0 Å². The molecule has 0 saturated carbocycles. The highest BCUT2D eigenvalue weighted by Crippen LogP contribution is 2.51. The molecule has 0 radical (unpaired) electrons. The number of hydroxylamine groups is 1. The molecule has 0 spiro atoms. The van der Waals surface area contributed by atoms with Crippen molar-refractivity contribution in [1.29, 1.82) is 0 Å². The molecule has 4 heteroatoms. The summed E-state index contributed by atoms with van der Waals surface area (Å²) in [5.41, 5.74) is 0.979. The summed E-state index contributed by atoms with van der Waals surface area (Å²) in [6.07, 6.45) is -0.509.